The molecule has 1 aromatic carbocycles. The van der Waals surface area contributed by atoms with Crippen LogP contribution in [0.25, 0.3) is 0 Å². The maximum absolute atomic E-state index is 12.9. The van der Waals surface area contributed by atoms with E-state index >= 15 is 0 Å². The zero-order valence-electron chi connectivity index (χ0n) is 14.6. The SMILES string of the molecule is Cc1ccccc1C1CCCN1C(=O)CC(C)C1CCNCC1. The second-order valence-electron chi connectivity index (χ2n) is 7.37. The molecule has 3 heteroatoms. The Hall–Kier alpha value is -1.35. The molecular formula is C20H30N2O. The first kappa shape index (κ1) is 16.5. The lowest BCUT2D eigenvalue weighted by Gasteiger charge is -2.31. The molecule has 1 aromatic rings. The number of hydrogen-bond donors (Lipinski definition) is 1. The van der Waals surface area contributed by atoms with E-state index in [0.29, 0.717) is 30.2 Å². The number of likely N-dealkylation sites (tertiary alicyclic amines) is 1. The molecule has 0 bridgehead atoms. The molecule has 0 spiro atoms. The average molecular weight is 314 g/mol. The number of carbonyl (C=O) groups is 1. The molecule has 2 unspecified atom stereocenters. The fraction of sp³-hybridized carbons (Fsp3) is 0.650. The lowest BCUT2D eigenvalue weighted by molar-refractivity contribution is -0.133. The summed E-state index contributed by atoms with van der Waals surface area (Å²) in [4.78, 5) is 15.1. The normalized spacial score (nSPS) is 23.9. The lowest BCUT2D eigenvalue weighted by Crippen LogP contribution is -2.35. The van der Waals surface area contributed by atoms with Crippen LogP contribution in [0.4, 0.5) is 0 Å². The van der Waals surface area contributed by atoms with Crippen molar-refractivity contribution in [3.8, 4) is 0 Å². The van der Waals surface area contributed by atoms with Gasteiger partial charge in [0.15, 0.2) is 0 Å². The smallest absolute Gasteiger partial charge is 0.223 e. The molecular weight excluding hydrogens is 284 g/mol. The molecule has 0 radical (unpaired) electrons. The molecule has 2 saturated heterocycles. The van der Waals surface area contributed by atoms with Gasteiger partial charge >= 0.3 is 0 Å². The molecule has 1 amide bonds. The van der Waals surface area contributed by atoms with Gasteiger partial charge in [0, 0.05) is 13.0 Å². The van der Waals surface area contributed by atoms with Crippen LogP contribution in [-0.2, 0) is 4.79 Å². The Morgan fingerprint density at radius 1 is 1.26 bits per heavy atom. The van der Waals surface area contributed by atoms with Crippen molar-refractivity contribution in [2.45, 2.75) is 52.0 Å². The number of piperidine rings is 1. The van der Waals surface area contributed by atoms with E-state index in [1.165, 1.54) is 24.0 Å². The van der Waals surface area contributed by atoms with Gasteiger partial charge < -0.3 is 10.2 Å². The zero-order valence-corrected chi connectivity index (χ0v) is 14.6. The van der Waals surface area contributed by atoms with Crippen LogP contribution in [0, 0.1) is 18.8 Å². The molecule has 3 nitrogen and oxygen atoms in total. The molecule has 3 rings (SSSR count). The number of benzene rings is 1. The maximum atomic E-state index is 12.9. The molecule has 0 aromatic heterocycles. The summed E-state index contributed by atoms with van der Waals surface area (Å²) in [5, 5.41) is 3.42. The van der Waals surface area contributed by atoms with Crippen molar-refractivity contribution in [3.05, 3.63) is 35.4 Å². The first-order chi connectivity index (χ1) is 11.2. The Bertz CT molecular complexity index is 536. The monoisotopic (exact) mass is 314 g/mol. The summed E-state index contributed by atoms with van der Waals surface area (Å²) in [5.74, 6) is 1.57. The average Bonchev–Trinajstić information content (AvgIpc) is 3.05. The van der Waals surface area contributed by atoms with Gasteiger partial charge in [0.25, 0.3) is 0 Å². The third-order valence-electron chi connectivity index (χ3n) is 5.81. The predicted octanol–water partition coefficient (Wildman–Crippen LogP) is 3.68. The van der Waals surface area contributed by atoms with E-state index < -0.39 is 0 Å². The topological polar surface area (TPSA) is 32.3 Å². The molecule has 2 aliphatic heterocycles. The number of nitrogens with zero attached hydrogens (tertiary/aromatic N) is 1. The van der Waals surface area contributed by atoms with Gasteiger partial charge in [-0.25, -0.2) is 0 Å². The van der Waals surface area contributed by atoms with Crippen molar-refractivity contribution in [3.63, 3.8) is 0 Å². The molecule has 2 aliphatic rings. The first-order valence-corrected chi connectivity index (χ1v) is 9.22. The Morgan fingerprint density at radius 3 is 2.74 bits per heavy atom. The minimum atomic E-state index is 0.295. The Morgan fingerprint density at radius 2 is 2.00 bits per heavy atom. The van der Waals surface area contributed by atoms with Gasteiger partial charge in [-0.3, -0.25) is 4.79 Å². The summed E-state index contributed by atoms with van der Waals surface area (Å²) in [6, 6.07) is 8.83. The van der Waals surface area contributed by atoms with Crippen molar-refractivity contribution < 1.29 is 4.79 Å². The van der Waals surface area contributed by atoms with E-state index in [1.807, 2.05) is 0 Å². The summed E-state index contributed by atoms with van der Waals surface area (Å²) >= 11 is 0. The number of amides is 1. The van der Waals surface area contributed by atoms with Crippen LogP contribution in [0.3, 0.4) is 0 Å². The number of rotatable bonds is 4. The zero-order chi connectivity index (χ0) is 16.2. The van der Waals surface area contributed by atoms with E-state index in [2.05, 4.69) is 48.3 Å². The van der Waals surface area contributed by atoms with E-state index in [4.69, 9.17) is 0 Å². The Balaban J connectivity index is 1.65. The van der Waals surface area contributed by atoms with Crippen LogP contribution in [-0.4, -0.2) is 30.4 Å². The molecule has 2 atom stereocenters. The van der Waals surface area contributed by atoms with Gasteiger partial charge in [-0.2, -0.15) is 0 Å². The van der Waals surface area contributed by atoms with Crippen molar-refractivity contribution in [2.24, 2.45) is 11.8 Å². The van der Waals surface area contributed by atoms with E-state index in [-0.39, 0.29) is 0 Å². The minimum Gasteiger partial charge on any atom is -0.336 e. The van der Waals surface area contributed by atoms with E-state index in [1.54, 1.807) is 0 Å². The Labute approximate surface area is 140 Å². The highest BCUT2D eigenvalue weighted by molar-refractivity contribution is 5.77. The quantitative estimate of drug-likeness (QED) is 0.919. The van der Waals surface area contributed by atoms with Gasteiger partial charge in [-0.05, 0) is 68.7 Å². The van der Waals surface area contributed by atoms with Crippen LogP contribution in [0.1, 0.15) is 56.2 Å². The van der Waals surface area contributed by atoms with Gasteiger partial charge in [0.05, 0.1) is 6.04 Å². The van der Waals surface area contributed by atoms with Crippen LogP contribution in [0.5, 0.6) is 0 Å². The predicted molar refractivity (Wildman–Crippen MR) is 94.2 cm³/mol. The van der Waals surface area contributed by atoms with Gasteiger partial charge in [-0.1, -0.05) is 31.2 Å². The largest absolute Gasteiger partial charge is 0.336 e. The highest BCUT2D eigenvalue weighted by atomic mass is 16.2. The van der Waals surface area contributed by atoms with Crippen molar-refractivity contribution in [1.29, 1.82) is 0 Å². The van der Waals surface area contributed by atoms with Crippen LogP contribution < -0.4 is 5.32 Å². The van der Waals surface area contributed by atoms with Crippen LogP contribution in [0.2, 0.25) is 0 Å². The van der Waals surface area contributed by atoms with Crippen LogP contribution in [0.15, 0.2) is 24.3 Å². The fourth-order valence-electron chi connectivity index (χ4n) is 4.32. The molecule has 2 fully saturated rings. The molecule has 0 aliphatic carbocycles. The summed E-state index contributed by atoms with van der Waals surface area (Å²) in [5.41, 5.74) is 2.65. The van der Waals surface area contributed by atoms with Crippen molar-refractivity contribution in [1.82, 2.24) is 10.2 Å². The third-order valence-corrected chi connectivity index (χ3v) is 5.81. The Kier molecular flexibility index (Phi) is 5.37. The maximum Gasteiger partial charge on any atom is 0.223 e. The lowest BCUT2D eigenvalue weighted by atomic mass is 9.84. The van der Waals surface area contributed by atoms with Gasteiger partial charge in [-0.15, -0.1) is 0 Å². The fourth-order valence-corrected chi connectivity index (χ4v) is 4.32. The standard InChI is InChI=1S/C20H30N2O/c1-15-6-3-4-7-18(15)19-8-5-13-22(19)20(23)14-16(2)17-9-11-21-12-10-17/h3-4,6-7,16-17,19,21H,5,8-14H2,1-2H3. The second kappa shape index (κ2) is 7.48. The van der Waals surface area contributed by atoms with Gasteiger partial charge in [0.1, 0.15) is 0 Å². The molecule has 1 N–H and O–H groups in total. The second-order valence-corrected chi connectivity index (χ2v) is 7.37. The van der Waals surface area contributed by atoms with E-state index in [9.17, 15) is 4.79 Å². The van der Waals surface area contributed by atoms with Crippen molar-refractivity contribution in [2.75, 3.05) is 19.6 Å². The number of carbonyl (C=O) groups excluding carboxylic acids is 1. The highest BCUT2D eigenvalue weighted by Crippen LogP contribution is 2.35. The summed E-state index contributed by atoms with van der Waals surface area (Å²) in [6.07, 6.45) is 5.39. The minimum absolute atomic E-state index is 0.295. The van der Waals surface area contributed by atoms with Crippen LogP contribution >= 0.6 is 0 Å². The molecule has 23 heavy (non-hydrogen) atoms. The summed E-state index contributed by atoms with van der Waals surface area (Å²) < 4.78 is 0. The van der Waals surface area contributed by atoms with Crippen molar-refractivity contribution >= 4 is 5.91 Å². The first-order valence-electron chi connectivity index (χ1n) is 9.22. The van der Waals surface area contributed by atoms with E-state index in [0.717, 1.165) is 32.5 Å². The summed E-state index contributed by atoms with van der Waals surface area (Å²) in [6.45, 7) is 7.58. The third kappa shape index (κ3) is 3.77. The molecule has 126 valence electrons. The summed E-state index contributed by atoms with van der Waals surface area (Å²) in [7, 11) is 0. The number of nitrogens with one attached hydrogen (secondary N) is 1. The van der Waals surface area contributed by atoms with Gasteiger partial charge in [0.2, 0.25) is 5.91 Å². The number of hydrogen-bond acceptors (Lipinski definition) is 2. The molecule has 0 saturated carbocycles. The molecule has 2 heterocycles. The number of aryl methyl sites for hydroxylation is 1. The highest BCUT2D eigenvalue weighted by Gasteiger charge is 2.32.